The van der Waals surface area contributed by atoms with Gasteiger partial charge in [0.1, 0.15) is 11.3 Å². The number of carbonyl (C=O) groups excluding carboxylic acids is 1. The summed E-state index contributed by atoms with van der Waals surface area (Å²) in [6, 6.07) is 3.73. The molecule has 130 valence electrons. The summed E-state index contributed by atoms with van der Waals surface area (Å²) in [6.45, 7) is 3.86. The van der Waals surface area contributed by atoms with Gasteiger partial charge in [0, 0.05) is 38.3 Å². The Morgan fingerprint density at radius 3 is 2.64 bits per heavy atom. The van der Waals surface area contributed by atoms with E-state index in [0.29, 0.717) is 41.7 Å². The number of benzene rings is 1. The quantitative estimate of drug-likeness (QED) is 0.700. The normalized spacial score (nSPS) is 15.2. The number of anilines is 1. The molecule has 6 nitrogen and oxygen atoms in total. The molecule has 0 aliphatic carbocycles. The van der Waals surface area contributed by atoms with Gasteiger partial charge in [0.05, 0.1) is 10.4 Å². The molecule has 3 aromatic rings. The lowest BCUT2D eigenvalue weighted by Crippen LogP contribution is -2.48. The summed E-state index contributed by atoms with van der Waals surface area (Å²) >= 11 is 1.24. The van der Waals surface area contributed by atoms with Gasteiger partial charge in [0.25, 0.3) is 5.91 Å². The molecule has 1 amide bonds. The first kappa shape index (κ1) is 15.9. The second kappa shape index (κ2) is 6.07. The molecular formula is C16H14F2N4O2S. The molecule has 0 bridgehead atoms. The predicted octanol–water partition coefficient (Wildman–Crippen LogP) is 2.83. The SMILES string of the molecule is Cc1cc(C(=O)N2CCN(c3nc4c(F)cc(F)cc4s3)CC2)on1. The smallest absolute Gasteiger partial charge is 0.292 e. The van der Waals surface area contributed by atoms with E-state index in [1.54, 1.807) is 17.9 Å². The molecule has 1 saturated heterocycles. The number of rotatable bonds is 2. The highest BCUT2D eigenvalue weighted by atomic mass is 32.1. The molecule has 2 aromatic heterocycles. The first-order chi connectivity index (χ1) is 12.0. The van der Waals surface area contributed by atoms with Crippen molar-refractivity contribution in [2.75, 3.05) is 31.1 Å². The summed E-state index contributed by atoms with van der Waals surface area (Å²) in [5.41, 5.74) is 0.836. The fraction of sp³-hybridized carbons (Fsp3) is 0.312. The third-order valence-corrected chi connectivity index (χ3v) is 5.14. The van der Waals surface area contributed by atoms with Gasteiger partial charge in [-0.05, 0) is 13.0 Å². The van der Waals surface area contributed by atoms with Crippen LogP contribution in [0.2, 0.25) is 0 Å². The van der Waals surface area contributed by atoms with Crippen molar-refractivity contribution in [1.29, 1.82) is 0 Å². The predicted molar refractivity (Wildman–Crippen MR) is 88.9 cm³/mol. The minimum absolute atomic E-state index is 0.178. The number of hydrogen-bond acceptors (Lipinski definition) is 6. The maximum Gasteiger partial charge on any atom is 0.292 e. The number of thiazole rings is 1. The molecule has 0 saturated carbocycles. The lowest BCUT2D eigenvalue weighted by molar-refractivity contribution is 0.0704. The summed E-state index contributed by atoms with van der Waals surface area (Å²) in [5.74, 6) is -1.24. The molecule has 0 radical (unpaired) electrons. The molecule has 1 fully saturated rings. The van der Waals surface area contributed by atoms with Gasteiger partial charge in [-0.1, -0.05) is 16.5 Å². The minimum atomic E-state index is -0.660. The van der Waals surface area contributed by atoms with Crippen LogP contribution in [-0.4, -0.2) is 47.1 Å². The van der Waals surface area contributed by atoms with E-state index in [-0.39, 0.29) is 17.2 Å². The lowest BCUT2D eigenvalue weighted by Gasteiger charge is -2.33. The Kier molecular flexibility index (Phi) is 3.87. The number of nitrogens with zero attached hydrogens (tertiary/aromatic N) is 4. The maximum absolute atomic E-state index is 13.8. The van der Waals surface area contributed by atoms with Crippen molar-refractivity contribution < 1.29 is 18.1 Å². The van der Waals surface area contributed by atoms with Crippen molar-refractivity contribution in [3.63, 3.8) is 0 Å². The Bertz CT molecular complexity index is 947. The summed E-state index contributed by atoms with van der Waals surface area (Å²) in [5, 5.41) is 4.35. The van der Waals surface area contributed by atoms with Crippen molar-refractivity contribution in [2.45, 2.75) is 6.92 Å². The van der Waals surface area contributed by atoms with E-state index in [4.69, 9.17) is 4.52 Å². The highest BCUT2D eigenvalue weighted by molar-refractivity contribution is 7.22. The zero-order valence-electron chi connectivity index (χ0n) is 13.3. The standard InChI is InChI=1S/C16H14F2N4O2S/c1-9-6-12(24-20-9)15(23)21-2-4-22(5-3-21)16-19-14-11(18)7-10(17)8-13(14)25-16/h6-8H,2-5H2,1H3. The molecular weight excluding hydrogens is 350 g/mol. The highest BCUT2D eigenvalue weighted by Crippen LogP contribution is 2.31. The first-order valence-corrected chi connectivity index (χ1v) is 8.56. The van der Waals surface area contributed by atoms with Crippen molar-refractivity contribution >= 4 is 32.6 Å². The van der Waals surface area contributed by atoms with Crippen molar-refractivity contribution in [2.24, 2.45) is 0 Å². The molecule has 1 aliphatic rings. The lowest BCUT2D eigenvalue weighted by atomic mass is 10.3. The molecule has 9 heteroatoms. The van der Waals surface area contributed by atoms with Gasteiger partial charge in [-0.2, -0.15) is 0 Å². The third kappa shape index (κ3) is 2.95. The molecule has 0 spiro atoms. The Balaban J connectivity index is 1.48. The van der Waals surface area contributed by atoms with Crippen LogP contribution in [0, 0.1) is 18.6 Å². The topological polar surface area (TPSA) is 62.5 Å². The molecule has 0 N–H and O–H groups in total. The molecule has 25 heavy (non-hydrogen) atoms. The summed E-state index contributed by atoms with van der Waals surface area (Å²) in [7, 11) is 0. The number of piperazine rings is 1. The summed E-state index contributed by atoms with van der Waals surface area (Å²) in [6.07, 6.45) is 0. The fourth-order valence-electron chi connectivity index (χ4n) is 2.80. The second-order valence-corrected chi connectivity index (χ2v) is 6.85. The molecule has 1 aromatic carbocycles. The molecule has 0 atom stereocenters. The molecule has 3 heterocycles. The van der Waals surface area contributed by atoms with Crippen LogP contribution >= 0.6 is 11.3 Å². The van der Waals surface area contributed by atoms with Crippen molar-refractivity contribution in [1.82, 2.24) is 15.0 Å². The van der Waals surface area contributed by atoms with E-state index in [9.17, 15) is 13.6 Å². The van der Waals surface area contributed by atoms with E-state index in [0.717, 1.165) is 6.07 Å². The number of hydrogen-bond donors (Lipinski definition) is 0. The Labute approximate surface area is 145 Å². The fourth-order valence-corrected chi connectivity index (χ4v) is 3.86. The molecule has 1 aliphatic heterocycles. The van der Waals surface area contributed by atoms with Crippen molar-refractivity contribution in [3.05, 3.63) is 41.3 Å². The van der Waals surface area contributed by atoms with E-state index in [2.05, 4.69) is 10.1 Å². The average Bonchev–Trinajstić information content (AvgIpc) is 3.21. The van der Waals surface area contributed by atoms with Crippen LogP contribution < -0.4 is 4.90 Å². The average molecular weight is 364 g/mol. The second-order valence-electron chi connectivity index (χ2n) is 5.84. The number of fused-ring (bicyclic) bond motifs is 1. The Morgan fingerprint density at radius 1 is 1.20 bits per heavy atom. The van der Waals surface area contributed by atoms with Gasteiger partial charge in [-0.25, -0.2) is 13.8 Å². The zero-order chi connectivity index (χ0) is 17.6. The number of halogens is 2. The van der Waals surface area contributed by atoms with Gasteiger partial charge in [0.15, 0.2) is 10.9 Å². The van der Waals surface area contributed by atoms with Gasteiger partial charge >= 0.3 is 0 Å². The van der Waals surface area contributed by atoms with Crippen LogP contribution in [0.1, 0.15) is 16.2 Å². The first-order valence-electron chi connectivity index (χ1n) is 7.74. The van der Waals surface area contributed by atoms with Crippen LogP contribution in [0.5, 0.6) is 0 Å². The van der Waals surface area contributed by atoms with E-state index in [1.807, 2.05) is 4.90 Å². The number of amides is 1. The number of aromatic nitrogens is 2. The van der Waals surface area contributed by atoms with E-state index >= 15 is 0 Å². The number of aryl methyl sites for hydroxylation is 1. The van der Waals surface area contributed by atoms with Gasteiger partial charge in [-0.15, -0.1) is 0 Å². The van der Waals surface area contributed by atoms with Crippen LogP contribution in [0.3, 0.4) is 0 Å². The minimum Gasteiger partial charge on any atom is -0.351 e. The molecule has 0 unspecified atom stereocenters. The summed E-state index contributed by atoms with van der Waals surface area (Å²) in [4.78, 5) is 20.3. The van der Waals surface area contributed by atoms with Crippen LogP contribution in [0.4, 0.5) is 13.9 Å². The molecule has 4 rings (SSSR count). The zero-order valence-corrected chi connectivity index (χ0v) is 14.1. The van der Waals surface area contributed by atoms with E-state index < -0.39 is 11.6 Å². The van der Waals surface area contributed by atoms with Crippen LogP contribution in [-0.2, 0) is 0 Å². The van der Waals surface area contributed by atoms with Crippen LogP contribution in [0.25, 0.3) is 10.2 Å². The van der Waals surface area contributed by atoms with Gasteiger partial charge in [0.2, 0.25) is 5.76 Å². The van der Waals surface area contributed by atoms with Gasteiger partial charge in [-0.3, -0.25) is 4.79 Å². The van der Waals surface area contributed by atoms with Gasteiger partial charge < -0.3 is 14.3 Å². The van der Waals surface area contributed by atoms with E-state index in [1.165, 1.54) is 17.4 Å². The van der Waals surface area contributed by atoms with Crippen LogP contribution in [0.15, 0.2) is 22.7 Å². The highest BCUT2D eigenvalue weighted by Gasteiger charge is 2.26. The summed E-state index contributed by atoms with van der Waals surface area (Å²) < 4.78 is 32.6. The third-order valence-electron chi connectivity index (χ3n) is 4.08. The Hall–Kier alpha value is -2.55. The maximum atomic E-state index is 13.8. The number of carbonyl (C=O) groups is 1. The Morgan fingerprint density at radius 2 is 1.96 bits per heavy atom. The monoisotopic (exact) mass is 364 g/mol. The largest absolute Gasteiger partial charge is 0.351 e. The van der Waals surface area contributed by atoms with Crippen molar-refractivity contribution in [3.8, 4) is 0 Å².